The molecular weight excluding hydrogens is 209 g/mol. The van der Waals surface area contributed by atoms with Gasteiger partial charge >= 0.3 is 5.51 Å². The largest absolute Gasteiger partial charge is 0.497 e. The predicted octanol–water partition coefficient (Wildman–Crippen LogP) is 1.35. The summed E-state index contributed by atoms with van der Waals surface area (Å²) >= 11 is 0. The molecule has 13 heavy (non-hydrogen) atoms. The Kier molecular flexibility index (Phi) is 4.69. The summed E-state index contributed by atoms with van der Waals surface area (Å²) in [6, 6.07) is 0. The Bertz CT molecular complexity index is 232. The Morgan fingerprint density at radius 1 is 1.23 bits per heavy atom. The van der Waals surface area contributed by atoms with E-state index in [0.717, 1.165) is 0 Å². The molecule has 7 heteroatoms. The van der Waals surface area contributed by atoms with Crippen LogP contribution in [0.2, 0.25) is 0 Å². The molecule has 0 radical (unpaired) electrons. The van der Waals surface area contributed by atoms with Crippen LogP contribution < -0.4 is 0 Å². The Morgan fingerprint density at radius 2 is 1.77 bits per heavy atom. The number of ether oxygens (including phenoxy) is 1. The fourth-order valence-electron chi connectivity index (χ4n) is 0.654. The second-order valence-corrected chi connectivity index (χ2v) is 4.57. The van der Waals surface area contributed by atoms with Crippen molar-refractivity contribution in [3.8, 4) is 0 Å². The average Bonchev–Trinajstić information content (AvgIpc) is 1.96. The van der Waals surface area contributed by atoms with Gasteiger partial charge in [-0.15, -0.1) is 0 Å². The van der Waals surface area contributed by atoms with Gasteiger partial charge in [0.15, 0.2) is 0 Å². The molecule has 0 saturated carbocycles. The van der Waals surface area contributed by atoms with E-state index in [9.17, 15) is 21.6 Å². The maximum Gasteiger partial charge on any atom is 0.497 e. The van der Waals surface area contributed by atoms with Gasteiger partial charge in [0.25, 0.3) is 0 Å². The zero-order chi connectivity index (χ0) is 10.5. The monoisotopic (exact) mass is 220 g/mol. The van der Waals surface area contributed by atoms with Crippen molar-refractivity contribution in [2.45, 2.75) is 18.3 Å². The van der Waals surface area contributed by atoms with Crippen LogP contribution in [0.25, 0.3) is 0 Å². The number of sulfone groups is 1. The molecule has 0 heterocycles. The molecule has 0 rings (SSSR count). The summed E-state index contributed by atoms with van der Waals surface area (Å²) in [4.78, 5) is 0. The quantitative estimate of drug-likeness (QED) is 0.657. The van der Waals surface area contributed by atoms with Crippen molar-refractivity contribution in [2.75, 3.05) is 19.5 Å². The lowest BCUT2D eigenvalue weighted by molar-refractivity contribution is -0.0436. The zero-order valence-electron chi connectivity index (χ0n) is 7.10. The lowest BCUT2D eigenvalue weighted by Gasteiger charge is -2.06. The van der Waals surface area contributed by atoms with Crippen LogP contribution in [-0.4, -0.2) is 33.4 Å². The second-order valence-electron chi connectivity index (χ2n) is 2.46. The van der Waals surface area contributed by atoms with E-state index in [1.807, 2.05) is 0 Å². The Labute approximate surface area is 74.8 Å². The van der Waals surface area contributed by atoms with Crippen LogP contribution in [0.1, 0.15) is 12.8 Å². The van der Waals surface area contributed by atoms with Crippen LogP contribution in [0.4, 0.5) is 13.2 Å². The third-order valence-corrected chi connectivity index (χ3v) is 2.90. The molecule has 0 bridgehead atoms. The molecule has 80 valence electrons. The van der Waals surface area contributed by atoms with Crippen LogP contribution in [0.5, 0.6) is 0 Å². The highest BCUT2D eigenvalue weighted by atomic mass is 32.2. The van der Waals surface area contributed by atoms with Crippen LogP contribution in [0.15, 0.2) is 0 Å². The minimum Gasteiger partial charge on any atom is -0.385 e. The first-order valence-corrected chi connectivity index (χ1v) is 5.24. The van der Waals surface area contributed by atoms with Crippen LogP contribution in [-0.2, 0) is 14.6 Å². The maximum atomic E-state index is 11.7. The molecular formula is C6H11F3O3S. The molecule has 0 aliphatic carbocycles. The van der Waals surface area contributed by atoms with Gasteiger partial charge in [0.1, 0.15) is 0 Å². The molecule has 0 saturated heterocycles. The average molecular weight is 220 g/mol. The SMILES string of the molecule is COCCCCS(=O)(=O)C(F)(F)F. The lowest BCUT2D eigenvalue weighted by atomic mass is 10.4. The Balaban J connectivity index is 3.92. The van der Waals surface area contributed by atoms with Crippen molar-refractivity contribution in [1.29, 1.82) is 0 Å². The van der Waals surface area contributed by atoms with Crippen molar-refractivity contribution in [3.05, 3.63) is 0 Å². The third-order valence-electron chi connectivity index (χ3n) is 1.36. The van der Waals surface area contributed by atoms with Crippen LogP contribution in [0, 0.1) is 0 Å². The molecule has 0 unspecified atom stereocenters. The summed E-state index contributed by atoms with van der Waals surface area (Å²) in [5, 5.41) is 0. The molecule has 3 nitrogen and oxygen atoms in total. The molecule has 0 fully saturated rings. The van der Waals surface area contributed by atoms with Gasteiger partial charge in [-0.2, -0.15) is 13.2 Å². The van der Waals surface area contributed by atoms with Gasteiger partial charge in [0.2, 0.25) is 9.84 Å². The van der Waals surface area contributed by atoms with Crippen LogP contribution in [0.3, 0.4) is 0 Å². The van der Waals surface area contributed by atoms with Crippen LogP contribution >= 0.6 is 0 Å². The molecule has 0 aromatic rings. The molecule has 0 N–H and O–H groups in total. The van der Waals surface area contributed by atoms with Crippen molar-refractivity contribution < 1.29 is 26.3 Å². The molecule has 0 spiro atoms. The van der Waals surface area contributed by atoms with Crippen molar-refractivity contribution >= 4 is 9.84 Å². The van der Waals surface area contributed by atoms with E-state index in [0.29, 0.717) is 6.42 Å². The first-order chi connectivity index (χ1) is 5.81. The van der Waals surface area contributed by atoms with Gasteiger partial charge in [-0.05, 0) is 12.8 Å². The number of hydrogen-bond acceptors (Lipinski definition) is 3. The van der Waals surface area contributed by atoms with Gasteiger partial charge < -0.3 is 4.74 Å². The van der Waals surface area contributed by atoms with Crippen molar-refractivity contribution in [3.63, 3.8) is 0 Å². The first kappa shape index (κ1) is 12.7. The van der Waals surface area contributed by atoms with Gasteiger partial charge in [0.05, 0.1) is 5.75 Å². The van der Waals surface area contributed by atoms with Gasteiger partial charge in [-0.1, -0.05) is 0 Å². The molecule has 0 aromatic carbocycles. The van der Waals surface area contributed by atoms with E-state index in [1.54, 1.807) is 0 Å². The zero-order valence-corrected chi connectivity index (χ0v) is 7.91. The van der Waals surface area contributed by atoms with E-state index in [4.69, 9.17) is 0 Å². The topological polar surface area (TPSA) is 43.4 Å². The highest BCUT2D eigenvalue weighted by Gasteiger charge is 2.44. The fraction of sp³-hybridized carbons (Fsp3) is 1.00. The number of rotatable bonds is 5. The molecule has 0 aliphatic heterocycles. The van der Waals surface area contributed by atoms with E-state index in [2.05, 4.69) is 4.74 Å². The normalized spacial score (nSPS) is 13.2. The van der Waals surface area contributed by atoms with Gasteiger partial charge in [-0.25, -0.2) is 8.42 Å². The lowest BCUT2D eigenvalue weighted by Crippen LogP contribution is -2.26. The third kappa shape index (κ3) is 4.47. The highest BCUT2D eigenvalue weighted by molar-refractivity contribution is 7.92. The number of hydrogen-bond donors (Lipinski definition) is 0. The summed E-state index contributed by atoms with van der Waals surface area (Å²) in [7, 11) is -3.53. The van der Waals surface area contributed by atoms with E-state index in [-0.39, 0.29) is 13.0 Å². The smallest absolute Gasteiger partial charge is 0.385 e. The van der Waals surface area contributed by atoms with E-state index >= 15 is 0 Å². The minimum atomic E-state index is -5.12. The van der Waals surface area contributed by atoms with Crippen molar-refractivity contribution in [2.24, 2.45) is 0 Å². The molecule has 0 aromatic heterocycles. The Morgan fingerprint density at radius 3 is 2.15 bits per heavy atom. The van der Waals surface area contributed by atoms with E-state index in [1.165, 1.54) is 7.11 Å². The second kappa shape index (κ2) is 4.80. The molecule has 0 aliphatic rings. The maximum absolute atomic E-state index is 11.7. The summed E-state index contributed by atoms with van der Waals surface area (Å²) in [6.45, 7) is 0.271. The number of methoxy groups -OCH3 is 1. The summed E-state index contributed by atoms with van der Waals surface area (Å²) in [6.07, 6.45) is 0.279. The molecule has 0 atom stereocenters. The Hall–Kier alpha value is -0.300. The number of alkyl halides is 3. The predicted molar refractivity (Wildman–Crippen MR) is 41.0 cm³/mol. The summed E-state index contributed by atoms with van der Waals surface area (Å²) in [5.74, 6) is -0.861. The fourth-order valence-corrected chi connectivity index (χ4v) is 1.47. The summed E-state index contributed by atoms with van der Waals surface area (Å²) in [5.41, 5.74) is -5.12. The highest BCUT2D eigenvalue weighted by Crippen LogP contribution is 2.24. The number of halogens is 3. The summed E-state index contributed by atoms with van der Waals surface area (Å²) < 4.78 is 60.6. The van der Waals surface area contributed by atoms with Gasteiger partial charge in [-0.3, -0.25) is 0 Å². The van der Waals surface area contributed by atoms with Crippen molar-refractivity contribution in [1.82, 2.24) is 0 Å². The van der Waals surface area contributed by atoms with Gasteiger partial charge in [0, 0.05) is 13.7 Å². The molecule has 0 amide bonds. The minimum absolute atomic E-state index is 0.0321. The number of unbranched alkanes of at least 4 members (excludes halogenated alkanes) is 1. The first-order valence-electron chi connectivity index (χ1n) is 3.59. The van der Waals surface area contributed by atoms with E-state index < -0.39 is 21.1 Å². The standard InChI is InChI=1S/C6H11F3O3S/c1-12-4-2-3-5-13(10,11)6(7,8)9/h2-5H2,1H3.